The summed E-state index contributed by atoms with van der Waals surface area (Å²) >= 11 is 0. The monoisotopic (exact) mass is 423 g/mol. The molecular weight excluding hydrogens is 398 g/mol. The van der Waals surface area contributed by atoms with E-state index in [4.69, 9.17) is 4.74 Å². The molecule has 2 aromatic carbocycles. The Kier molecular flexibility index (Phi) is 6.59. The Hall–Kier alpha value is -3.81. The molecule has 162 valence electrons. The lowest BCUT2D eigenvalue weighted by molar-refractivity contribution is -0.142. The van der Waals surface area contributed by atoms with Crippen molar-refractivity contribution >= 4 is 28.9 Å². The van der Waals surface area contributed by atoms with Gasteiger partial charge < -0.3 is 25.5 Å². The molecule has 0 aliphatic heterocycles. The number of nitrogens with one attached hydrogen (secondary N) is 3. The van der Waals surface area contributed by atoms with Gasteiger partial charge >= 0.3 is 12.1 Å². The van der Waals surface area contributed by atoms with E-state index >= 15 is 0 Å². The van der Waals surface area contributed by atoms with Crippen LogP contribution in [0.2, 0.25) is 0 Å². The van der Waals surface area contributed by atoms with E-state index < -0.39 is 29.6 Å². The number of carbonyl (C=O) groups excluding carboxylic acids is 2. The van der Waals surface area contributed by atoms with Crippen molar-refractivity contribution in [3.63, 3.8) is 0 Å². The van der Waals surface area contributed by atoms with Gasteiger partial charge in [0.25, 0.3) is 0 Å². The molecule has 1 aromatic heterocycles. The summed E-state index contributed by atoms with van der Waals surface area (Å²) in [6.07, 6.45) is 1.06. The summed E-state index contributed by atoms with van der Waals surface area (Å²) in [4.78, 5) is 39.7. The third-order valence-electron chi connectivity index (χ3n) is 4.90. The summed E-state index contributed by atoms with van der Waals surface area (Å²) in [6, 6.07) is 15.5. The summed E-state index contributed by atoms with van der Waals surface area (Å²) in [7, 11) is 0. The van der Waals surface area contributed by atoms with Gasteiger partial charge in [-0.2, -0.15) is 0 Å². The minimum Gasteiger partial charge on any atom is -0.480 e. The van der Waals surface area contributed by atoms with Gasteiger partial charge in [-0.25, -0.2) is 9.59 Å². The second kappa shape index (κ2) is 9.34. The van der Waals surface area contributed by atoms with Crippen LogP contribution in [0.5, 0.6) is 0 Å². The number of para-hydroxylation sites is 1. The third-order valence-corrected chi connectivity index (χ3v) is 4.90. The lowest BCUT2D eigenvalue weighted by Crippen LogP contribution is -2.58. The largest absolute Gasteiger partial charge is 0.480 e. The summed E-state index contributed by atoms with van der Waals surface area (Å²) < 4.78 is 5.15. The topological polar surface area (TPSA) is 121 Å². The van der Waals surface area contributed by atoms with Gasteiger partial charge in [0.05, 0.1) is 0 Å². The Labute approximate surface area is 179 Å². The molecule has 4 N–H and O–H groups in total. The van der Waals surface area contributed by atoms with Crippen LogP contribution in [0.1, 0.15) is 25.0 Å². The van der Waals surface area contributed by atoms with Crippen molar-refractivity contribution in [3.8, 4) is 0 Å². The van der Waals surface area contributed by atoms with Crippen molar-refractivity contribution in [2.45, 2.75) is 38.5 Å². The maximum Gasteiger partial charge on any atom is 0.408 e. The Morgan fingerprint density at radius 2 is 1.74 bits per heavy atom. The average Bonchev–Trinajstić information content (AvgIpc) is 3.15. The standard InChI is InChI=1S/C23H25N3O5/c1-23(2,26-22(30)31-14-15-8-4-3-5-9-15)21(29)25-19(20(27)28)12-16-13-24-18-11-7-6-10-17(16)18/h3-11,13,19,24H,12,14H2,1-2H3,(H,25,29)(H,26,30)(H,27,28)/t19-/m1/s1. The number of aliphatic carboxylic acids is 1. The first-order chi connectivity index (χ1) is 14.8. The number of alkyl carbamates (subject to hydrolysis) is 1. The Morgan fingerprint density at radius 3 is 2.45 bits per heavy atom. The number of hydrogen-bond acceptors (Lipinski definition) is 4. The predicted molar refractivity (Wildman–Crippen MR) is 115 cm³/mol. The number of hydrogen-bond donors (Lipinski definition) is 4. The van der Waals surface area contributed by atoms with E-state index in [1.54, 1.807) is 6.20 Å². The van der Waals surface area contributed by atoms with E-state index in [1.807, 2.05) is 54.6 Å². The number of ether oxygens (including phenoxy) is 1. The second-order valence-electron chi connectivity index (χ2n) is 7.74. The zero-order chi connectivity index (χ0) is 22.4. The summed E-state index contributed by atoms with van der Waals surface area (Å²) in [6.45, 7) is 3.02. The van der Waals surface area contributed by atoms with Crippen LogP contribution in [0, 0.1) is 0 Å². The van der Waals surface area contributed by atoms with Gasteiger partial charge in [0.15, 0.2) is 0 Å². The number of aromatic nitrogens is 1. The fourth-order valence-corrected chi connectivity index (χ4v) is 3.13. The number of amides is 2. The quantitative estimate of drug-likeness (QED) is 0.444. The van der Waals surface area contributed by atoms with E-state index in [9.17, 15) is 19.5 Å². The summed E-state index contributed by atoms with van der Waals surface area (Å²) in [5.74, 6) is -1.79. The first-order valence-corrected chi connectivity index (χ1v) is 9.84. The lowest BCUT2D eigenvalue weighted by Gasteiger charge is -2.26. The van der Waals surface area contributed by atoms with E-state index in [2.05, 4.69) is 15.6 Å². The molecule has 3 rings (SSSR count). The fraction of sp³-hybridized carbons (Fsp3) is 0.261. The minimum atomic E-state index is -1.37. The maximum atomic E-state index is 12.7. The van der Waals surface area contributed by atoms with Gasteiger partial charge in [0.1, 0.15) is 18.2 Å². The van der Waals surface area contributed by atoms with Crippen LogP contribution in [0.3, 0.4) is 0 Å². The molecule has 8 heteroatoms. The summed E-state index contributed by atoms with van der Waals surface area (Å²) in [5.41, 5.74) is 1.10. The van der Waals surface area contributed by atoms with Crippen LogP contribution in [0.15, 0.2) is 60.8 Å². The number of carbonyl (C=O) groups is 3. The van der Waals surface area contributed by atoms with E-state index in [1.165, 1.54) is 13.8 Å². The molecule has 0 aliphatic carbocycles. The lowest BCUT2D eigenvalue weighted by atomic mass is 10.0. The molecular formula is C23H25N3O5. The molecule has 8 nitrogen and oxygen atoms in total. The van der Waals surface area contributed by atoms with E-state index in [0.717, 1.165) is 22.0 Å². The first kappa shape index (κ1) is 21.9. The molecule has 0 fully saturated rings. The van der Waals surface area contributed by atoms with Crippen LogP contribution in [0.25, 0.3) is 10.9 Å². The zero-order valence-corrected chi connectivity index (χ0v) is 17.3. The van der Waals surface area contributed by atoms with Crippen LogP contribution >= 0.6 is 0 Å². The first-order valence-electron chi connectivity index (χ1n) is 9.84. The average molecular weight is 423 g/mol. The maximum absolute atomic E-state index is 12.7. The molecule has 1 heterocycles. The van der Waals surface area contributed by atoms with Crippen molar-refractivity contribution in [3.05, 3.63) is 71.9 Å². The molecule has 3 aromatic rings. The zero-order valence-electron chi connectivity index (χ0n) is 17.3. The van der Waals surface area contributed by atoms with Crippen molar-refractivity contribution in [2.75, 3.05) is 0 Å². The molecule has 0 saturated heterocycles. The highest BCUT2D eigenvalue weighted by Crippen LogP contribution is 2.19. The number of fused-ring (bicyclic) bond motifs is 1. The van der Waals surface area contributed by atoms with E-state index in [-0.39, 0.29) is 13.0 Å². The number of benzene rings is 2. The molecule has 0 spiro atoms. The van der Waals surface area contributed by atoms with Gasteiger partial charge in [-0.05, 0) is 31.0 Å². The molecule has 0 unspecified atom stereocenters. The SMILES string of the molecule is CC(C)(NC(=O)OCc1ccccc1)C(=O)N[C@H](Cc1c[nH]c2ccccc12)C(=O)O. The highest BCUT2D eigenvalue weighted by molar-refractivity contribution is 5.92. The van der Waals surface area contributed by atoms with Gasteiger partial charge in [0.2, 0.25) is 5.91 Å². The molecule has 2 amide bonds. The highest BCUT2D eigenvalue weighted by Gasteiger charge is 2.33. The van der Waals surface area contributed by atoms with Crippen LogP contribution in [-0.2, 0) is 27.4 Å². The number of carboxylic acids is 1. The van der Waals surface area contributed by atoms with Gasteiger partial charge in [0, 0.05) is 23.5 Å². The number of H-pyrrole nitrogens is 1. The molecule has 0 bridgehead atoms. The van der Waals surface area contributed by atoms with Crippen LogP contribution in [0.4, 0.5) is 4.79 Å². The molecule has 1 atom stereocenters. The van der Waals surface area contributed by atoms with Gasteiger partial charge in [-0.1, -0.05) is 48.5 Å². The Balaban J connectivity index is 1.61. The number of rotatable bonds is 8. The fourth-order valence-electron chi connectivity index (χ4n) is 3.13. The molecule has 0 saturated carbocycles. The normalized spacial score (nSPS) is 12.2. The predicted octanol–water partition coefficient (Wildman–Crippen LogP) is 2.98. The second-order valence-corrected chi connectivity index (χ2v) is 7.74. The van der Waals surface area contributed by atoms with Crippen molar-refractivity contribution in [2.24, 2.45) is 0 Å². The Morgan fingerprint density at radius 1 is 1.06 bits per heavy atom. The van der Waals surface area contributed by atoms with E-state index in [0.29, 0.717) is 0 Å². The van der Waals surface area contributed by atoms with Crippen molar-refractivity contribution < 1.29 is 24.2 Å². The van der Waals surface area contributed by atoms with Crippen LogP contribution < -0.4 is 10.6 Å². The highest BCUT2D eigenvalue weighted by atomic mass is 16.5. The smallest absolute Gasteiger partial charge is 0.408 e. The van der Waals surface area contributed by atoms with Crippen molar-refractivity contribution in [1.29, 1.82) is 0 Å². The Bertz CT molecular complexity index is 1080. The van der Waals surface area contributed by atoms with Gasteiger partial charge in [-0.3, -0.25) is 4.79 Å². The minimum absolute atomic E-state index is 0.0582. The molecule has 0 aliphatic rings. The summed E-state index contributed by atoms with van der Waals surface area (Å²) in [5, 5.41) is 15.5. The van der Waals surface area contributed by atoms with Crippen LogP contribution in [-0.4, -0.2) is 39.6 Å². The number of carboxylic acid groups (broad SMARTS) is 1. The van der Waals surface area contributed by atoms with Gasteiger partial charge in [-0.15, -0.1) is 0 Å². The molecule has 31 heavy (non-hydrogen) atoms. The third kappa shape index (κ3) is 5.63. The van der Waals surface area contributed by atoms with Crippen molar-refractivity contribution in [1.82, 2.24) is 15.6 Å². The molecule has 0 radical (unpaired) electrons. The number of aromatic amines is 1.